The van der Waals surface area contributed by atoms with Crippen LogP contribution in [0.3, 0.4) is 0 Å². The van der Waals surface area contributed by atoms with Crippen LogP contribution in [-0.4, -0.2) is 43.5 Å². The molecule has 0 aliphatic carbocycles. The minimum atomic E-state index is -0.345. The van der Waals surface area contributed by atoms with Crippen LogP contribution in [0.2, 0.25) is 0 Å². The Hall–Kier alpha value is -3.12. The summed E-state index contributed by atoms with van der Waals surface area (Å²) >= 11 is 0. The zero-order chi connectivity index (χ0) is 23.2. The quantitative estimate of drug-likeness (QED) is 0.675. The number of hydrogen-bond donors (Lipinski definition) is 1. The fourth-order valence-corrected chi connectivity index (χ4v) is 4.46. The molecule has 33 heavy (non-hydrogen) atoms. The van der Waals surface area contributed by atoms with Crippen molar-refractivity contribution < 1.29 is 19.1 Å². The minimum absolute atomic E-state index is 0.0964. The highest BCUT2D eigenvalue weighted by Crippen LogP contribution is 2.41. The maximum atomic E-state index is 12.2. The molecule has 6 heteroatoms. The van der Waals surface area contributed by atoms with E-state index in [0.29, 0.717) is 19.8 Å². The van der Waals surface area contributed by atoms with Gasteiger partial charge in [0.05, 0.1) is 13.0 Å². The Labute approximate surface area is 195 Å². The summed E-state index contributed by atoms with van der Waals surface area (Å²) in [4.78, 5) is 26.1. The second-order valence-corrected chi connectivity index (χ2v) is 8.64. The number of fused-ring (bicyclic) bond motifs is 2. The largest absolute Gasteiger partial charge is 0.488 e. The van der Waals surface area contributed by atoms with Gasteiger partial charge in [0.1, 0.15) is 12.4 Å². The van der Waals surface area contributed by atoms with E-state index < -0.39 is 0 Å². The van der Waals surface area contributed by atoms with Gasteiger partial charge in [-0.05, 0) is 61.2 Å². The van der Waals surface area contributed by atoms with Gasteiger partial charge in [-0.15, -0.1) is 0 Å². The van der Waals surface area contributed by atoms with Gasteiger partial charge in [0.25, 0.3) is 0 Å². The average molecular weight is 449 g/mol. The van der Waals surface area contributed by atoms with Crippen LogP contribution in [0.4, 0.5) is 0 Å². The molecule has 0 saturated carbocycles. The smallest absolute Gasteiger partial charge is 0.306 e. The first-order valence-corrected chi connectivity index (χ1v) is 11.7. The van der Waals surface area contributed by atoms with Crippen molar-refractivity contribution in [1.82, 2.24) is 10.2 Å². The van der Waals surface area contributed by atoms with Crippen LogP contribution < -0.4 is 10.1 Å². The van der Waals surface area contributed by atoms with E-state index in [0.717, 1.165) is 42.8 Å². The molecule has 2 aliphatic heterocycles. The van der Waals surface area contributed by atoms with Gasteiger partial charge in [-0.3, -0.25) is 9.59 Å². The average Bonchev–Trinajstić information content (AvgIpc) is 2.99. The number of nitrogens with zero attached hydrogens (tertiary/aromatic N) is 1. The lowest BCUT2D eigenvalue weighted by molar-refractivity contribution is -0.144. The number of likely N-dealkylation sites (tertiary alicyclic amines) is 1. The van der Waals surface area contributed by atoms with E-state index in [2.05, 4.69) is 47.6 Å². The molecule has 4 rings (SSSR count). The number of benzene rings is 2. The molecule has 1 amide bonds. The lowest BCUT2D eigenvalue weighted by Crippen LogP contribution is -2.27. The Bertz CT molecular complexity index is 1050. The third-order valence-corrected chi connectivity index (χ3v) is 6.28. The van der Waals surface area contributed by atoms with E-state index in [9.17, 15) is 9.59 Å². The van der Waals surface area contributed by atoms with E-state index in [4.69, 9.17) is 9.47 Å². The van der Waals surface area contributed by atoms with Crippen LogP contribution in [0.1, 0.15) is 54.9 Å². The number of hydrogen-bond acceptors (Lipinski definition) is 5. The van der Waals surface area contributed by atoms with Gasteiger partial charge in [-0.1, -0.05) is 35.9 Å². The van der Waals surface area contributed by atoms with Crippen molar-refractivity contribution in [1.29, 1.82) is 0 Å². The Kier molecular flexibility index (Phi) is 7.45. The number of carbonyl (C=O) groups is 2. The zero-order valence-electron chi connectivity index (χ0n) is 19.5. The number of piperidine rings is 1. The Morgan fingerprint density at radius 2 is 1.85 bits per heavy atom. The van der Waals surface area contributed by atoms with Gasteiger partial charge in [0.15, 0.2) is 0 Å². The normalized spacial score (nSPS) is 15.7. The predicted molar refractivity (Wildman–Crippen MR) is 128 cm³/mol. The fourth-order valence-electron chi connectivity index (χ4n) is 4.46. The topological polar surface area (TPSA) is 67.9 Å². The molecular weight excluding hydrogens is 416 g/mol. The van der Waals surface area contributed by atoms with Crippen LogP contribution in [0.5, 0.6) is 5.75 Å². The first-order valence-electron chi connectivity index (χ1n) is 11.7. The highest BCUT2D eigenvalue weighted by Gasteiger charge is 2.24. The maximum Gasteiger partial charge on any atom is 0.306 e. The van der Waals surface area contributed by atoms with Gasteiger partial charge in [0.2, 0.25) is 5.91 Å². The molecule has 6 nitrogen and oxygen atoms in total. The Balaban J connectivity index is 1.58. The molecule has 0 radical (unpaired) electrons. The summed E-state index contributed by atoms with van der Waals surface area (Å²) in [6.07, 6.45) is 2.30. The molecule has 0 atom stereocenters. The lowest BCUT2D eigenvalue weighted by atomic mass is 9.86. The van der Waals surface area contributed by atoms with Crippen molar-refractivity contribution in [3.05, 3.63) is 70.3 Å². The van der Waals surface area contributed by atoms with Crippen LogP contribution in [0.25, 0.3) is 5.57 Å². The van der Waals surface area contributed by atoms with Crippen molar-refractivity contribution in [2.24, 2.45) is 0 Å². The van der Waals surface area contributed by atoms with Gasteiger partial charge in [0, 0.05) is 31.6 Å². The molecule has 1 saturated heterocycles. The molecule has 2 aromatic carbocycles. The van der Waals surface area contributed by atoms with Crippen LogP contribution in [-0.2, 0) is 27.5 Å². The third-order valence-electron chi connectivity index (χ3n) is 6.28. The van der Waals surface area contributed by atoms with Crippen LogP contribution in [0, 0.1) is 0 Å². The van der Waals surface area contributed by atoms with Gasteiger partial charge in [-0.25, -0.2) is 0 Å². The van der Waals surface area contributed by atoms with Crippen molar-refractivity contribution in [3.63, 3.8) is 0 Å². The van der Waals surface area contributed by atoms with E-state index in [-0.39, 0.29) is 24.7 Å². The molecule has 2 aromatic rings. The molecule has 0 aromatic heterocycles. The molecular formula is C27H32N2O4. The highest BCUT2D eigenvalue weighted by atomic mass is 16.5. The Morgan fingerprint density at radius 1 is 1.06 bits per heavy atom. The number of carbonyl (C=O) groups excluding carboxylic acids is 2. The highest BCUT2D eigenvalue weighted by molar-refractivity contribution is 5.87. The summed E-state index contributed by atoms with van der Waals surface area (Å²) < 4.78 is 11.1. The van der Waals surface area contributed by atoms with E-state index in [1.54, 1.807) is 6.92 Å². The molecule has 0 bridgehead atoms. The summed E-state index contributed by atoms with van der Waals surface area (Å²) in [6.45, 7) is 5.13. The van der Waals surface area contributed by atoms with Crippen molar-refractivity contribution in [3.8, 4) is 5.75 Å². The Morgan fingerprint density at radius 3 is 2.64 bits per heavy atom. The summed E-state index contributed by atoms with van der Waals surface area (Å²) in [7, 11) is 2.17. The van der Waals surface area contributed by atoms with E-state index in [1.807, 2.05) is 12.1 Å². The van der Waals surface area contributed by atoms with Gasteiger partial charge >= 0.3 is 5.97 Å². The van der Waals surface area contributed by atoms with Gasteiger partial charge < -0.3 is 19.7 Å². The number of ether oxygens (including phenoxy) is 2. The van der Waals surface area contributed by atoms with E-state index >= 15 is 0 Å². The first-order chi connectivity index (χ1) is 16.0. The monoisotopic (exact) mass is 448 g/mol. The standard InChI is InChI=1S/C27H32N2O4/c1-3-32-26(31)11-10-25(30)28-17-19-8-9-24-23(16-19)27(20-12-14-29(2)15-13-20)22-7-5-4-6-21(22)18-33-24/h4-9,16H,3,10-15,17-18H2,1-2H3,(H,28,30). The molecule has 1 N–H and O–H groups in total. The van der Waals surface area contributed by atoms with Gasteiger partial charge in [-0.2, -0.15) is 0 Å². The second-order valence-electron chi connectivity index (χ2n) is 8.64. The van der Waals surface area contributed by atoms with Crippen molar-refractivity contribution in [2.75, 3.05) is 26.7 Å². The molecule has 174 valence electrons. The number of amides is 1. The number of nitrogens with one attached hydrogen (secondary N) is 1. The number of rotatable bonds is 6. The molecule has 1 fully saturated rings. The number of esters is 1. The molecule has 2 heterocycles. The van der Waals surface area contributed by atoms with Crippen LogP contribution in [0.15, 0.2) is 48.0 Å². The van der Waals surface area contributed by atoms with Crippen LogP contribution >= 0.6 is 0 Å². The molecule has 0 spiro atoms. The lowest BCUT2D eigenvalue weighted by Gasteiger charge is -2.27. The zero-order valence-corrected chi connectivity index (χ0v) is 19.5. The summed E-state index contributed by atoms with van der Waals surface area (Å²) in [5.41, 5.74) is 7.28. The minimum Gasteiger partial charge on any atom is -0.488 e. The maximum absolute atomic E-state index is 12.2. The van der Waals surface area contributed by atoms with Crippen molar-refractivity contribution in [2.45, 2.75) is 45.8 Å². The summed E-state index contributed by atoms with van der Waals surface area (Å²) in [5, 5.41) is 2.93. The SMILES string of the molecule is CCOC(=O)CCC(=O)NCc1ccc2c(c1)C(=C1CCN(C)CC1)c1ccccc1CO2. The fraction of sp³-hybridized carbons (Fsp3) is 0.407. The first kappa shape index (κ1) is 23.1. The molecule has 0 unspecified atom stereocenters. The van der Waals surface area contributed by atoms with Crippen molar-refractivity contribution >= 4 is 17.4 Å². The second kappa shape index (κ2) is 10.7. The third kappa shape index (κ3) is 5.63. The predicted octanol–water partition coefficient (Wildman–Crippen LogP) is 4.07. The van der Waals surface area contributed by atoms with E-state index in [1.165, 1.54) is 22.3 Å². The summed E-state index contributed by atoms with van der Waals surface area (Å²) in [6, 6.07) is 14.6. The summed E-state index contributed by atoms with van der Waals surface area (Å²) in [5.74, 6) is 0.376. The molecule has 2 aliphatic rings.